The second-order valence-electron chi connectivity index (χ2n) is 6.08. The predicted octanol–water partition coefficient (Wildman–Crippen LogP) is 2.46. The lowest BCUT2D eigenvalue weighted by molar-refractivity contribution is -0.00683. The molecule has 1 heterocycles. The Morgan fingerprint density at radius 2 is 2.15 bits per heavy atom. The molecule has 142 valence electrons. The highest BCUT2D eigenvalue weighted by atomic mass is 127. The van der Waals surface area contributed by atoms with Crippen LogP contribution in [0.4, 0.5) is 15.8 Å². The Hall–Kier alpha value is -2.24. The van der Waals surface area contributed by atoms with Crippen molar-refractivity contribution >= 4 is 45.8 Å². The zero-order valence-electron chi connectivity index (χ0n) is 14.3. The molecule has 0 spiro atoms. The van der Waals surface area contributed by atoms with E-state index in [2.05, 4.69) is 16.1 Å². The molecule has 1 atom stereocenters. The minimum Gasteiger partial charge on any atom is -0.391 e. The van der Waals surface area contributed by atoms with Crippen LogP contribution in [0.2, 0.25) is 0 Å². The molecule has 0 aromatic heterocycles. The number of amides is 2. The molecule has 0 aliphatic carbocycles. The van der Waals surface area contributed by atoms with E-state index < -0.39 is 17.8 Å². The van der Waals surface area contributed by atoms with Gasteiger partial charge in [-0.2, -0.15) is 0 Å². The highest BCUT2D eigenvalue weighted by molar-refractivity contribution is 14.1. The third-order valence-corrected chi connectivity index (χ3v) is 4.53. The number of carbonyl (C=O) groups is 2. The summed E-state index contributed by atoms with van der Waals surface area (Å²) in [5.74, 6) is -1.32. The van der Waals surface area contributed by atoms with Crippen LogP contribution in [-0.4, -0.2) is 29.6 Å². The average Bonchev–Trinajstić information content (AvgIpc) is 2.96. The molecule has 0 saturated carbocycles. The lowest BCUT2D eigenvalue weighted by Crippen LogP contribution is -2.28. The smallest absolute Gasteiger partial charge is 0.276 e. The zero-order chi connectivity index (χ0) is 19.6. The summed E-state index contributed by atoms with van der Waals surface area (Å²) >= 11 is 2.00. The summed E-state index contributed by atoms with van der Waals surface area (Å²) in [6.07, 6.45) is -0.745. The molecule has 0 saturated heterocycles. The molecular weight excluding hydrogens is 468 g/mol. The minimum atomic E-state index is -0.745. The van der Waals surface area contributed by atoms with Crippen LogP contribution in [0, 0.1) is 9.39 Å². The molecule has 9 heteroatoms. The quantitative estimate of drug-likeness (QED) is 0.372. The number of aliphatic hydroxyl groups excluding tert-OH is 1. The van der Waals surface area contributed by atoms with Crippen LogP contribution in [0.25, 0.3) is 0 Å². The standard InChI is InChI=1S/C18H17FIN3O4/c1-9(24)8-27-23-18(26)13-4-10-7-21-17(25)12(10)6-16(13)22-15-3-2-11(20)5-14(15)19/h2-6,9,22,24H,7-8H2,1H3,(H,21,25)(H,23,26)/t9-/m0/s1. The van der Waals surface area contributed by atoms with Gasteiger partial charge in [-0.1, -0.05) is 0 Å². The van der Waals surface area contributed by atoms with Gasteiger partial charge >= 0.3 is 0 Å². The van der Waals surface area contributed by atoms with E-state index in [1.165, 1.54) is 19.1 Å². The van der Waals surface area contributed by atoms with Crippen LogP contribution in [0.1, 0.15) is 33.2 Å². The van der Waals surface area contributed by atoms with E-state index in [4.69, 9.17) is 4.84 Å². The number of anilines is 2. The number of hydrogen-bond acceptors (Lipinski definition) is 5. The molecule has 1 aliphatic rings. The number of hydrogen-bond donors (Lipinski definition) is 4. The highest BCUT2D eigenvalue weighted by Gasteiger charge is 2.24. The molecule has 3 rings (SSSR count). The van der Waals surface area contributed by atoms with Gasteiger partial charge in [-0.15, -0.1) is 0 Å². The first kappa shape index (κ1) is 19.5. The Labute approximate surface area is 168 Å². The van der Waals surface area contributed by atoms with Crippen LogP contribution in [0.3, 0.4) is 0 Å². The molecule has 1 aliphatic heterocycles. The van der Waals surface area contributed by atoms with Crippen LogP contribution >= 0.6 is 22.6 Å². The van der Waals surface area contributed by atoms with Gasteiger partial charge in [-0.25, -0.2) is 9.87 Å². The molecule has 2 amide bonds. The van der Waals surface area contributed by atoms with Gasteiger partial charge < -0.3 is 15.7 Å². The lowest BCUT2D eigenvalue weighted by atomic mass is 10.0. The van der Waals surface area contributed by atoms with Crippen LogP contribution in [-0.2, 0) is 11.4 Å². The molecule has 27 heavy (non-hydrogen) atoms. The fourth-order valence-corrected chi connectivity index (χ4v) is 3.04. The minimum absolute atomic E-state index is 0.0781. The molecule has 2 aromatic carbocycles. The van der Waals surface area contributed by atoms with Gasteiger partial charge in [0.05, 0.1) is 23.0 Å². The number of benzene rings is 2. The van der Waals surface area contributed by atoms with Crippen molar-refractivity contribution in [3.63, 3.8) is 0 Å². The number of hydroxylamine groups is 1. The maximum atomic E-state index is 14.2. The summed E-state index contributed by atoms with van der Waals surface area (Å²) in [4.78, 5) is 29.4. The van der Waals surface area contributed by atoms with Crippen molar-refractivity contribution in [1.29, 1.82) is 0 Å². The summed E-state index contributed by atoms with van der Waals surface area (Å²) in [5.41, 5.74) is 3.96. The second-order valence-corrected chi connectivity index (χ2v) is 7.32. The van der Waals surface area contributed by atoms with E-state index in [1.54, 1.807) is 18.2 Å². The van der Waals surface area contributed by atoms with E-state index in [0.717, 1.165) is 3.57 Å². The van der Waals surface area contributed by atoms with E-state index in [9.17, 15) is 19.1 Å². The molecule has 0 fully saturated rings. The maximum absolute atomic E-state index is 14.2. The molecular formula is C18H17FIN3O4. The number of rotatable bonds is 6. The van der Waals surface area contributed by atoms with E-state index in [0.29, 0.717) is 17.7 Å². The van der Waals surface area contributed by atoms with E-state index in [-0.39, 0.29) is 29.5 Å². The maximum Gasteiger partial charge on any atom is 0.276 e. The largest absolute Gasteiger partial charge is 0.391 e. The van der Waals surface area contributed by atoms with Gasteiger partial charge in [-0.3, -0.25) is 14.4 Å². The summed E-state index contributed by atoms with van der Waals surface area (Å²) in [6, 6.07) is 7.70. The van der Waals surface area contributed by atoms with Crippen molar-refractivity contribution in [3.05, 3.63) is 56.4 Å². The number of carbonyl (C=O) groups excluding carboxylic acids is 2. The third kappa shape index (κ3) is 4.54. The van der Waals surface area contributed by atoms with Crippen LogP contribution in [0.15, 0.2) is 30.3 Å². The molecule has 0 radical (unpaired) electrons. The Kier molecular flexibility index (Phi) is 5.92. The molecule has 0 unspecified atom stereocenters. The van der Waals surface area contributed by atoms with Crippen LogP contribution in [0.5, 0.6) is 0 Å². The molecule has 7 nitrogen and oxygen atoms in total. The van der Waals surface area contributed by atoms with Crippen molar-refractivity contribution in [2.75, 3.05) is 11.9 Å². The topological polar surface area (TPSA) is 99.7 Å². The Bertz CT molecular complexity index is 904. The van der Waals surface area contributed by atoms with Crippen molar-refractivity contribution in [2.24, 2.45) is 0 Å². The summed E-state index contributed by atoms with van der Waals surface area (Å²) in [6.45, 7) is 1.75. The summed E-state index contributed by atoms with van der Waals surface area (Å²) in [5, 5.41) is 14.8. The fraction of sp³-hybridized carbons (Fsp3) is 0.222. The van der Waals surface area contributed by atoms with Gasteiger partial charge in [0.1, 0.15) is 12.4 Å². The predicted molar refractivity (Wildman–Crippen MR) is 105 cm³/mol. The normalized spacial score (nSPS) is 13.7. The first-order valence-corrected chi connectivity index (χ1v) is 9.20. The molecule has 0 bridgehead atoms. The number of aliphatic hydroxyl groups is 1. The van der Waals surface area contributed by atoms with Gasteiger partial charge in [0, 0.05) is 15.7 Å². The van der Waals surface area contributed by atoms with Crippen LogP contribution < -0.4 is 16.1 Å². The van der Waals surface area contributed by atoms with Gasteiger partial charge in [0.25, 0.3) is 11.8 Å². The fourth-order valence-electron chi connectivity index (χ4n) is 2.58. The Balaban J connectivity index is 1.93. The monoisotopic (exact) mass is 485 g/mol. The first-order valence-electron chi connectivity index (χ1n) is 8.12. The van der Waals surface area contributed by atoms with Gasteiger partial charge in [0.2, 0.25) is 0 Å². The number of fused-ring (bicyclic) bond motifs is 1. The molecule has 4 N–H and O–H groups in total. The molecule has 2 aromatic rings. The third-order valence-electron chi connectivity index (χ3n) is 3.86. The van der Waals surface area contributed by atoms with Crippen molar-refractivity contribution < 1.29 is 23.9 Å². The first-order chi connectivity index (χ1) is 12.8. The van der Waals surface area contributed by atoms with Crippen molar-refractivity contribution in [1.82, 2.24) is 10.8 Å². The zero-order valence-corrected chi connectivity index (χ0v) is 16.5. The average molecular weight is 485 g/mol. The highest BCUT2D eigenvalue weighted by Crippen LogP contribution is 2.29. The Morgan fingerprint density at radius 3 is 2.85 bits per heavy atom. The second kappa shape index (κ2) is 8.19. The Morgan fingerprint density at radius 1 is 1.37 bits per heavy atom. The lowest BCUT2D eigenvalue weighted by Gasteiger charge is -2.15. The number of halogens is 2. The van der Waals surface area contributed by atoms with Crippen molar-refractivity contribution in [2.45, 2.75) is 19.6 Å². The summed E-state index contributed by atoms with van der Waals surface area (Å²) < 4.78 is 14.9. The summed E-state index contributed by atoms with van der Waals surface area (Å²) in [7, 11) is 0. The SMILES string of the molecule is C[C@H](O)CONC(=O)c1cc2c(cc1Nc1ccc(I)cc1F)C(=O)NC2. The van der Waals surface area contributed by atoms with Gasteiger partial charge in [-0.05, 0) is 65.4 Å². The van der Waals surface area contributed by atoms with E-state index in [1.807, 2.05) is 22.6 Å². The van der Waals surface area contributed by atoms with Gasteiger partial charge in [0.15, 0.2) is 0 Å². The number of nitrogens with one attached hydrogen (secondary N) is 3. The van der Waals surface area contributed by atoms with E-state index >= 15 is 0 Å². The van der Waals surface area contributed by atoms with Crippen molar-refractivity contribution in [3.8, 4) is 0 Å².